The van der Waals surface area contributed by atoms with Gasteiger partial charge in [0.15, 0.2) is 0 Å². The third-order valence-electron chi connectivity index (χ3n) is 3.79. The van der Waals surface area contributed by atoms with E-state index in [0.29, 0.717) is 18.3 Å². The molecule has 1 aromatic rings. The van der Waals surface area contributed by atoms with Crippen molar-refractivity contribution in [1.82, 2.24) is 10.2 Å². The summed E-state index contributed by atoms with van der Waals surface area (Å²) in [5.41, 5.74) is 0.964. The quantitative estimate of drug-likeness (QED) is 0.657. The van der Waals surface area contributed by atoms with Crippen LogP contribution in [0.1, 0.15) is 18.4 Å². The van der Waals surface area contributed by atoms with Crippen molar-refractivity contribution in [1.29, 1.82) is 0 Å². The molecular formula is C14H21N3O3. The monoisotopic (exact) mass is 279 g/mol. The average Bonchev–Trinajstić information content (AvgIpc) is 2.48. The highest BCUT2D eigenvalue weighted by Crippen LogP contribution is 2.26. The molecule has 6 heteroatoms. The van der Waals surface area contributed by atoms with E-state index in [4.69, 9.17) is 4.74 Å². The van der Waals surface area contributed by atoms with E-state index < -0.39 is 0 Å². The van der Waals surface area contributed by atoms with Crippen LogP contribution < -0.4 is 10.1 Å². The second-order valence-corrected chi connectivity index (χ2v) is 5.17. The Hall–Kier alpha value is -1.66. The predicted molar refractivity (Wildman–Crippen MR) is 77.0 cm³/mol. The SMILES string of the molecule is COc1ccc([N+](=O)[O-])cc1CN(C)C1CCCNC1. The zero-order valence-corrected chi connectivity index (χ0v) is 12.0. The number of methoxy groups -OCH3 is 1. The van der Waals surface area contributed by atoms with E-state index in [1.165, 1.54) is 12.5 Å². The standard InChI is InChI=1S/C14H21N3O3/c1-16(13-4-3-7-15-9-13)10-11-8-12(17(18)19)5-6-14(11)20-2/h5-6,8,13,15H,3-4,7,9-10H2,1-2H3. The van der Waals surface area contributed by atoms with Crippen LogP contribution in [0.4, 0.5) is 5.69 Å². The van der Waals surface area contributed by atoms with Crippen molar-refractivity contribution in [3.63, 3.8) is 0 Å². The van der Waals surface area contributed by atoms with Crippen molar-refractivity contribution in [2.24, 2.45) is 0 Å². The van der Waals surface area contributed by atoms with Crippen molar-refractivity contribution < 1.29 is 9.66 Å². The molecule has 1 aromatic carbocycles. The molecule has 1 aliphatic heterocycles. The number of nitro benzene ring substituents is 1. The van der Waals surface area contributed by atoms with Crippen LogP contribution in [0.2, 0.25) is 0 Å². The van der Waals surface area contributed by atoms with Gasteiger partial charge in [0, 0.05) is 36.8 Å². The fourth-order valence-corrected chi connectivity index (χ4v) is 2.61. The van der Waals surface area contributed by atoms with Crippen molar-refractivity contribution >= 4 is 5.69 Å². The normalized spacial score (nSPS) is 19.1. The van der Waals surface area contributed by atoms with E-state index in [-0.39, 0.29) is 10.6 Å². The van der Waals surface area contributed by atoms with Gasteiger partial charge in [-0.15, -0.1) is 0 Å². The van der Waals surface area contributed by atoms with Crippen LogP contribution in [0.25, 0.3) is 0 Å². The number of rotatable bonds is 5. The summed E-state index contributed by atoms with van der Waals surface area (Å²) in [6.07, 6.45) is 2.32. The smallest absolute Gasteiger partial charge is 0.270 e. The van der Waals surface area contributed by atoms with Gasteiger partial charge < -0.3 is 10.1 Å². The number of nitrogens with zero attached hydrogens (tertiary/aromatic N) is 2. The van der Waals surface area contributed by atoms with Gasteiger partial charge in [0.05, 0.1) is 12.0 Å². The Bertz CT molecular complexity index is 473. The van der Waals surface area contributed by atoms with Crippen LogP contribution in [0, 0.1) is 10.1 Å². The summed E-state index contributed by atoms with van der Waals surface area (Å²) < 4.78 is 5.30. The van der Waals surface area contributed by atoms with Crippen molar-refractivity contribution in [2.75, 3.05) is 27.2 Å². The van der Waals surface area contributed by atoms with E-state index in [9.17, 15) is 10.1 Å². The summed E-state index contributed by atoms with van der Waals surface area (Å²) in [5.74, 6) is 0.700. The molecule has 0 saturated carbocycles. The molecule has 0 aliphatic carbocycles. The van der Waals surface area contributed by atoms with Crippen LogP contribution in [0.3, 0.4) is 0 Å². The molecule has 0 bridgehead atoms. The van der Waals surface area contributed by atoms with E-state index in [2.05, 4.69) is 17.3 Å². The molecule has 1 aliphatic rings. The Morgan fingerprint density at radius 3 is 2.95 bits per heavy atom. The summed E-state index contributed by atoms with van der Waals surface area (Å²) in [4.78, 5) is 12.7. The molecule has 1 unspecified atom stereocenters. The highest BCUT2D eigenvalue weighted by molar-refractivity contribution is 5.43. The van der Waals surface area contributed by atoms with Crippen LogP contribution in [-0.4, -0.2) is 43.1 Å². The Balaban J connectivity index is 2.13. The molecule has 0 aromatic heterocycles. The third kappa shape index (κ3) is 3.46. The van der Waals surface area contributed by atoms with Gasteiger partial charge in [0.2, 0.25) is 0 Å². The second kappa shape index (κ2) is 6.67. The molecule has 0 amide bonds. The van der Waals surface area contributed by atoms with Crippen molar-refractivity contribution in [3.05, 3.63) is 33.9 Å². The molecule has 20 heavy (non-hydrogen) atoms. The summed E-state index contributed by atoms with van der Waals surface area (Å²) in [5, 5.41) is 14.3. The molecule has 1 N–H and O–H groups in total. The zero-order chi connectivity index (χ0) is 14.5. The van der Waals surface area contributed by atoms with Gasteiger partial charge in [-0.1, -0.05) is 0 Å². The van der Waals surface area contributed by atoms with Crippen LogP contribution in [-0.2, 0) is 6.54 Å². The minimum atomic E-state index is -0.370. The molecule has 0 radical (unpaired) electrons. The molecular weight excluding hydrogens is 258 g/mol. The lowest BCUT2D eigenvalue weighted by atomic mass is 10.1. The Morgan fingerprint density at radius 2 is 2.35 bits per heavy atom. The fourth-order valence-electron chi connectivity index (χ4n) is 2.61. The number of non-ortho nitro benzene ring substituents is 1. The van der Waals surface area contributed by atoms with Crippen LogP contribution >= 0.6 is 0 Å². The Labute approximate surface area is 118 Å². The molecule has 1 heterocycles. The van der Waals surface area contributed by atoms with Gasteiger partial charge in [-0.2, -0.15) is 0 Å². The lowest BCUT2D eigenvalue weighted by Crippen LogP contribution is -2.43. The van der Waals surface area contributed by atoms with Gasteiger partial charge in [0.25, 0.3) is 5.69 Å². The van der Waals surface area contributed by atoms with Crippen molar-refractivity contribution in [2.45, 2.75) is 25.4 Å². The first-order chi connectivity index (χ1) is 9.61. The molecule has 0 spiro atoms. The molecule has 1 fully saturated rings. The maximum atomic E-state index is 10.9. The zero-order valence-electron chi connectivity index (χ0n) is 12.0. The topological polar surface area (TPSA) is 67.6 Å². The average molecular weight is 279 g/mol. The van der Waals surface area contributed by atoms with E-state index in [1.807, 2.05) is 0 Å². The number of piperidine rings is 1. The molecule has 110 valence electrons. The Kier molecular flexibility index (Phi) is 4.92. The maximum absolute atomic E-state index is 10.9. The molecule has 1 atom stereocenters. The summed E-state index contributed by atoms with van der Waals surface area (Å²) in [6, 6.07) is 5.21. The minimum Gasteiger partial charge on any atom is -0.496 e. The fraction of sp³-hybridized carbons (Fsp3) is 0.571. The lowest BCUT2D eigenvalue weighted by Gasteiger charge is -2.31. The number of nitrogens with one attached hydrogen (secondary N) is 1. The molecule has 2 rings (SSSR count). The first-order valence-electron chi connectivity index (χ1n) is 6.84. The minimum absolute atomic E-state index is 0.107. The highest BCUT2D eigenvalue weighted by atomic mass is 16.6. The van der Waals surface area contributed by atoms with Crippen LogP contribution in [0.5, 0.6) is 5.75 Å². The second-order valence-electron chi connectivity index (χ2n) is 5.17. The first kappa shape index (κ1) is 14.7. The number of benzene rings is 1. The Morgan fingerprint density at radius 1 is 1.55 bits per heavy atom. The van der Waals surface area contributed by atoms with Crippen LogP contribution in [0.15, 0.2) is 18.2 Å². The number of hydrogen-bond donors (Lipinski definition) is 1. The predicted octanol–water partition coefficient (Wildman–Crippen LogP) is 1.79. The van der Waals surface area contributed by atoms with E-state index >= 15 is 0 Å². The first-order valence-corrected chi connectivity index (χ1v) is 6.84. The maximum Gasteiger partial charge on any atom is 0.270 e. The van der Waals surface area contributed by atoms with Gasteiger partial charge in [-0.25, -0.2) is 0 Å². The summed E-state index contributed by atoms with van der Waals surface area (Å²) in [7, 11) is 3.64. The van der Waals surface area contributed by atoms with Gasteiger partial charge >= 0.3 is 0 Å². The lowest BCUT2D eigenvalue weighted by molar-refractivity contribution is -0.385. The van der Waals surface area contributed by atoms with Gasteiger partial charge in [-0.3, -0.25) is 15.0 Å². The highest BCUT2D eigenvalue weighted by Gasteiger charge is 2.20. The molecule has 6 nitrogen and oxygen atoms in total. The summed E-state index contributed by atoms with van der Waals surface area (Å²) >= 11 is 0. The van der Waals surface area contributed by atoms with Gasteiger partial charge in [0.1, 0.15) is 5.75 Å². The summed E-state index contributed by atoms with van der Waals surface area (Å²) in [6.45, 7) is 2.69. The number of hydrogen-bond acceptors (Lipinski definition) is 5. The number of ether oxygens (including phenoxy) is 1. The largest absolute Gasteiger partial charge is 0.496 e. The number of nitro groups is 1. The number of likely N-dealkylation sites (N-methyl/N-ethyl adjacent to an activating group) is 1. The third-order valence-corrected chi connectivity index (χ3v) is 3.79. The molecule has 1 saturated heterocycles. The van der Waals surface area contributed by atoms with E-state index in [1.54, 1.807) is 19.2 Å². The van der Waals surface area contributed by atoms with Crippen molar-refractivity contribution in [3.8, 4) is 5.75 Å². The van der Waals surface area contributed by atoms with E-state index in [0.717, 1.165) is 25.1 Å². The van der Waals surface area contributed by atoms with Gasteiger partial charge in [-0.05, 0) is 32.5 Å².